The molecule has 1 aromatic carbocycles. The maximum Gasteiger partial charge on any atom is 0.229 e. The summed E-state index contributed by atoms with van der Waals surface area (Å²) in [6.45, 7) is 2.81. The highest BCUT2D eigenvalue weighted by molar-refractivity contribution is 6.29. The lowest BCUT2D eigenvalue weighted by Crippen LogP contribution is -2.41. The SMILES string of the molecule is O=C(Nc1cccc(OC[C@H]2CCCO2)c1)[C@H]1CCCN(c2ccc(Cl)nn2)C1. The Morgan fingerprint density at radius 1 is 1.24 bits per heavy atom. The van der Waals surface area contributed by atoms with Crippen LogP contribution in [0.4, 0.5) is 11.5 Å². The minimum Gasteiger partial charge on any atom is -0.491 e. The second-order valence-corrected chi connectivity index (χ2v) is 7.85. The van der Waals surface area contributed by atoms with Crippen molar-refractivity contribution in [1.29, 1.82) is 0 Å². The lowest BCUT2D eigenvalue weighted by atomic mass is 9.97. The van der Waals surface area contributed by atoms with Crippen LogP contribution < -0.4 is 15.0 Å². The molecule has 2 aliphatic heterocycles. The minimum atomic E-state index is -0.113. The third-order valence-electron chi connectivity index (χ3n) is 5.30. The number of piperidine rings is 1. The van der Waals surface area contributed by atoms with Crippen LogP contribution in [0.15, 0.2) is 36.4 Å². The molecule has 0 unspecified atom stereocenters. The molecule has 2 fully saturated rings. The molecular weight excluding hydrogens is 392 g/mol. The van der Waals surface area contributed by atoms with Crippen LogP contribution in [0.25, 0.3) is 0 Å². The molecule has 2 aromatic rings. The Hall–Kier alpha value is -2.38. The van der Waals surface area contributed by atoms with E-state index in [-0.39, 0.29) is 17.9 Å². The molecule has 7 nitrogen and oxygen atoms in total. The number of ether oxygens (including phenoxy) is 2. The van der Waals surface area contributed by atoms with Crippen molar-refractivity contribution in [2.24, 2.45) is 5.92 Å². The Morgan fingerprint density at radius 2 is 2.17 bits per heavy atom. The van der Waals surface area contributed by atoms with Crippen molar-refractivity contribution in [3.8, 4) is 5.75 Å². The molecule has 29 heavy (non-hydrogen) atoms. The van der Waals surface area contributed by atoms with Crippen LogP contribution >= 0.6 is 11.6 Å². The van der Waals surface area contributed by atoms with Crippen LogP contribution in [0.5, 0.6) is 5.75 Å². The van der Waals surface area contributed by atoms with E-state index in [0.29, 0.717) is 18.3 Å². The predicted octanol–water partition coefficient (Wildman–Crippen LogP) is 3.54. The van der Waals surface area contributed by atoms with E-state index in [9.17, 15) is 4.79 Å². The number of amides is 1. The number of carbonyl (C=O) groups is 1. The number of benzene rings is 1. The van der Waals surface area contributed by atoms with Crippen LogP contribution in [0.2, 0.25) is 5.15 Å². The minimum absolute atomic E-state index is 0.00731. The van der Waals surface area contributed by atoms with Gasteiger partial charge in [-0.2, -0.15) is 0 Å². The van der Waals surface area contributed by atoms with Crippen molar-refractivity contribution in [2.75, 3.05) is 36.5 Å². The van der Waals surface area contributed by atoms with Gasteiger partial charge in [0, 0.05) is 31.5 Å². The molecular formula is C21H25ClN4O3. The van der Waals surface area contributed by atoms with Gasteiger partial charge >= 0.3 is 0 Å². The molecule has 1 N–H and O–H groups in total. The van der Waals surface area contributed by atoms with Crippen molar-refractivity contribution < 1.29 is 14.3 Å². The summed E-state index contributed by atoms with van der Waals surface area (Å²) < 4.78 is 11.4. The van der Waals surface area contributed by atoms with Crippen molar-refractivity contribution >= 4 is 29.0 Å². The summed E-state index contributed by atoms with van der Waals surface area (Å²) >= 11 is 5.82. The van der Waals surface area contributed by atoms with Crippen molar-refractivity contribution in [2.45, 2.75) is 31.8 Å². The van der Waals surface area contributed by atoms with Gasteiger partial charge in [0.1, 0.15) is 12.4 Å². The molecule has 3 heterocycles. The monoisotopic (exact) mass is 416 g/mol. The summed E-state index contributed by atoms with van der Waals surface area (Å²) in [5.74, 6) is 1.38. The molecule has 0 bridgehead atoms. The number of nitrogens with zero attached hydrogens (tertiary/aromatic N) is 3. The maximum absolute atomic E-state index is 12.8. The van der Waals surface area contributed by atoms with Gasteiger partial charge in [-0.1, -0.05) is 17.7 Å². The standard InChI is InChI=1S/C21H25ClN4O3/c22-19-8-9-20(25-24-19)26-10-2-4-15(13-26)21(27)23-16-5-1-6-17(12-16)29-14-18-7-3-11-28-18/h1,5-6,8-9,12,15,18H,2-4,7,10-11,13-14H2,(H,23,27)/t15-,18+/m0/s1. The Kier molecular flexibility index (Phi) is 6.46. The molecule has 0 aliphatic carbocycles. The zero-order chi connectivity index (χ0) is 20.1. The third kappa shape index (κ3) is 5.36. The number of carbonyl (C=O) groups excluding carboxylic acids is 1. The van der Waals surface area contributed by atoms with Gasteiger partial charge in [-0.3, -0.25) is 4.79 Å². The highest BCUT2D eigenvalue weighted by atomic mass is 35.5. The molecule has 2 aliphatic rings. The van der Waals surface area contributed by atoms with Crippen LogP contribution in [-0.2, 0) is 9.53 Å². The fourth-order valence-electron chi connectivity index (χ4n) is 3.75. The number of nitrogens with one attached hydrogen (secondary N) is 1. The average Bonchev–Trinajstić information content (AvgIpc) is 3.27. The number of hydrogen-bond acceptors (Lipinski definition) is 6. The number of hydrogen-bond donors (Lipinski definition) is 1. The Labute approximate surface area is 175 Å². The van der Waals surface area contributed by atoms with E-state index in [1.807, 2.05) is 30.3 Å². The summed E-state index contributed by atoms with van der Waals surface area (Å²) in [5, 5.41) is 11.4. The van der Waals surface area contributed by atoms with E-state index in [1.54, 1.807) is 6.07 Å². The van der Waals surface area contributed by atoms with E-state index in [4.69, 9.17) is 21.1 Å². The van der Waals surface area contributed by atoms with Gasteiger partial charge in [-0.15, -0.1) is 10.2 Å². The summed E-state index contributed by atoms with van der Waals surface area (Å²) in [6.07, 6.45) is 4.06. The van der Waals surface area contributed by atoms with Crippen molar-refractivity contribution in [1.82, 2.24) is 10.2 Å². The van der Waals surface area contributed by atoms with E-state index in [2.05, 4.69) is 20.4 Å². The topological polar surface area (TPSA) is 76.6 Å². The first-order valence-electron chi connectivity index (χ1n) is 10.1. The molecule has 2 atom stereocenters. The van der Waals surface area contributed by atoms with Crippen LogP contribution in [0, 0.1) is 5.92 Å². The Bertz CT molecular complexity index is 827. The fourth-order valence-corrected chi connectivity index (χ4v) is 3.85. The summed E-state index contributed by atoms with van der Waals surface area (Å²) in [5.41, 5.74) is 0.739. The number of halogens is 1. The largest absolute Gasteiger partial charge is 0.491 e. The Morgan fingerprint density at radius 3 is 2.97 bits per heavy atom. The lowest BCUT2D eigenvalue weighted by Gasteiger charge is -2.32. The average molecular weight is 417 g/mol. The van der Waals surface area contributed by atoms with Gasteiger partial charge < -0.3 is 19.7 Å². The second-order valence-electron chi connectivity index (χ2n) is 7.46. The lowest BCUT2D eigenvalue weighted by molar-refractivity contribution is -0.120. The first-order valence-corrected chi connectivity index (χ1v) is 10.4. The van der Waals surface area contributed by atoms with Crippen LogP contribution in [-0.4, -0.2) is 48.5 Å². The summed E-state index contributed by atoms with van der Waals surface area (Å²) in [6, 6.07) is 11.1. The third-order valence-corrected chi connectivity index (χ3v) is 5.50. The Balaban J connectivity index is 1.33. The van der Waals surface area contributed by atoms with Crippen LogP contribution in [0.1, 0.15) is 25.7 Å². The zero-order valence-electron chi connectivity index (χ0n) is 16.2. The van der Waals surface area contributed by atoms with Gasteiger partial charge in [-0.05, 0) is 49.9 Å². The van der Waals surface area contributed by atoms with Gasteiger partial charge in [0.25, 0.3) is 0 Å². The molecule has 1 amide bonds. The summed E-state index contributed by atoms with van der Waals surface area (Å²) in [4.78, 5) is 14.9. The second kappa shape index (κ2) is 9.41. The fraction of sp³-hybridized carbons (Fsp3) is 0.476. The maximum atomic E-state index is 12.8. The molecule has 4 rings (SSSR count). The summed E-state index contributed by atoms with van der Waals surface area (Å²) in [7, 11) is 0. The van der Waals surface area contributed by atoms with Gasteiger partial charge in [-0.25, -0.2) is 0 Å². The van der Waals surface area contributed by atoms with Crippen molar-refractivity contribution in [3.05, 3.63) is 41.6 Å². The predicted molar refractivity (Wildman–Crippen MR) is 112 cm³/mol. The highest BCUT2D eigenvalue weighted by Gasteiger charge is 2.27. The van der Waals surface area contributed by atoms with Gasteiger partial charge in [0.15, 0.2) is 11.0 Å². The number of anilines is 2. The van der Waals surface area contributed by atoms with Gasteiger partial charge in [0.05, 0.1) is 12.0 Å². The first kappa shape index (κ1) is 19.9. The van der Waals surface area contributed by atoms with E-state index in [0.717, 1.165) is 56.1 Å². The van der Waals surface area contributed by atoms with E-state index >= 15 is 0 Å². The normalized spacial score (nSPS) is 21.8. The smallest absolute Gasteiger partial charge is 0.229 e. The van der Waals surface area contributed by atoms with Crippen molar-refractivity contribution in [3.63, 3.8) is 0 Å². The molecule has 154 valence electrons. The molecule has 0 saturated carbocycles. The zero-order valence-corrected chi connectivity index (χ0v) is 17.0. The molecule has 0 spiro atoms. The number of rotatable bonds is 6. The van der Waals surface area contributed by atoms with Gasteiger partial charge in [0.2, 0.25) is 5.91 Å². The van der Waals surface area contributed by atoms with Crippen LogP contribution in [0.3, 0.4) is 0 Å². The quantitative estimate of drug-likeness (QED) is 0.776. The highest BCUT2D eigenvalue weighted by Crippen LogP contribution is 2.24. The number of aromatic nitrogens is 2. The molecule has 0 radical (unpaired) electrons. The molecule has 2 saturated heterocycles. The molecule has 1 aromatic heterocycles. The first-order chi connectivity index (χ1) is 14.2. The van der Waals surface area contributed by atoms with E-state index in [1.165, 1.54) is 0 Å². The molecule has 8 heteroatoms. The van der Waals surface area contributed by atoms with E-state index < -0.39 is 0 Å².